The molecule has 0 bridgehead atoms. The predicted molar refractivity (Wildman–Crippen MR) is 35.6 cm³/mol. The first-order valence-electron chi connectivity index (χ1n) is 2.88. The van der Waals surface area contributed by atoms with Crippen LogP contribution in [0, 0.1) is 22.9 Å². The Bertz CT molecular complexity index is 280. The fraction of sp³-hybridized carbons (Fsp3) is 0.167. The third-order valence-corrected chi connectivity index (χ3v) is 1.09. The van der Waals surface area contributed by atoms with Crippen molar-refractivity contribution in [1.82, 2.24) is 4.98 Å². The van der Waals surface area contributed by atoms with Crippen LogP contribution in [0.4, 0.5) is 10.2 Å². The second-order valence-corrected chi connectivity index (χ2v) is 2.04. The standard InChI is InChI=1S/C6H5FN2O2/c1-4-2-5(7)3-6(8-4)9(10)11/h2-3H,1H3. The Balaban J connectivity index is 3.19. The molecule has 11 heavy (non-hydrogen) atoms. The van der Waals surface area contributed by atoms with Gasteiger partial charge in [-0.2, -0.15) is 0 Å². The molecule has 1 aromatic rings. The summed E-state index contributed by atoms with van der Waals surface area (Å²) < 4.78 is 12.4. The van der Waals surface area contributed by atoms with Gasteiger partial charge in [-0.3, -0.25) is 0 Å². The highest BCUT2D eigenvalue weighted by Crippen LogP contribution is 2.09. The Morgan fingerprint density at radius 1 is 1.64 bits per heavy atom. The number of halogens is 1. The van der Waals surface area contributed by atoms with Crippen molar-refractivity contribution < 1.29 is 9.31 Å². The third-order valence-electron chi connectivity index (χ3n) is 1.09. The minimum atomic E-state index is -0.726. The molecular weight excluding hydrogens is 151 g/mol. The number of nitro groups is 1. The highest BCUT2D eigenvalue weighted by Gasteiger charge is 2.09. The van der Waals surface area contributed by atoms with Crippen molar-refractivity contribution in [2.45, 2.75) is 6.92 Å². The first kappa shape index (κ1) is 7.59. The minimum Gasteiger partial charge on any atom is -0.358 e. The molecule has 0 atom stereocenters. The fourth-order valence-corrected chi connectivity index (χ4v) is 0.703. The van der Waals surface area contributed by atoms with E-state index >= 15 is 0 Å². The zero-order valence-electron chi connectivity index (χ0n) is 5.74. The van der Waals surface area contributed by atoms with Crippen molar-refractivity contribution in [3.05, 3.63) is 33.8 Å². The molecule has 0 spiro atoms. The van der Waals surface area contributed by atoms with Gasteiger partial charge in [-0.15, -0.1) is 0 Å². The number of pyridine rings is 1. The van der Waals surface area contributed by atoms with Crippen LogP contribution in [0.5, 0.6) is 0 Å². The summed E-state index contributed by atoms with van der Waals surface area (Å²) in [5.41, 5.74) is 0.302. The molecule has 0 fully saturated rings. The maximum Gasteiger partial charge on any atom is 0.366 e. The smallest absolute Gasteiger partial charge is 0.358 e. The molecular formula is C6H5FN2O2. The molecule has 0 aliphatic rings. The number of aryl methyl sites for hydroxylation is 1. The minimum absolute atomic E-state index is 0.302. The summed E-state index contributed by atoms with van der Waals surface area (Å²) in [5.74, 6) is -1.09. The molecule has 1 rings (SSSR count). The number of hydrogen-bond donors (Lipinski definition) is 0. The zero-order valence-corrected chi connectivity index (χ0v) is 5.74. The SMILES string of the molecule is Cc1cc(F)cc([N+](=O)[O-])n1. The van der Waals surface area contributed by atoms with Gasteiger partial charge in [0.1, 0.15) is 5.82 Å². The van der Waals surface area contributed by atoms with Crippen LogP contribution < -0.4 is 0 Å². The maximum atomic E-state index is 12.4. The van der Waals surface area contributed by atoms with Crippen LogP contribution in [0.1, 0.15) is 5.69 Å². The predicted octanol–water partition coefficient (Wildman–Crippen LogP) is 1.44. The van der Waals surface area contributed by atoms with Gasteiger partial charge in [0.25, 0.3) is 0 Å². The molecule has 0 aliphatic carbocycles. The van der Waals surface area contributed by atoms with E-state index < -0.39 is 16.6 Å². The maximum absolute atomic E-state index is 12.4. The largest absolute Gasteiger partial charge is 0.366 e. The summed E-state index contributed by atoms with van der Waals surface area (Å²) in [5, 5.41) is 10.1. The average Bonchev–Trinajstić information content (AvgIpc) is 1.85. The van der Waals surface area contributed by atoms with Gasteiger partial charge in [-0.25, -0.2) is 4.39 Å². The van der Waals surface area contributed by atoms with E-state index in [0.717, 1.165) is 12.1 Å². The van der Waals surface area contributed by atoms with E-state index in [4.69, 9.17) is 0 Å². The zero-order chi connectivity index (χ0) is 8.43. The molecule has 0 saturated carbocycles. The van der Waals surface area contributed by atoms with Crippen molar-refractivity contribution in [2.75, 3.05) is 0 Å². The first-order valence-corrected chi connectivity index (χ1v) is 2.88. The number of nitrogens with zero attached hydrogens (tertiary/aromatic N) is 2. The quantitative estimate of drug-likeness (QED) is 0.456. The summed E-state index contributed by atoms with van der Waals surface area (Å²) in [6.07, 6.45) is 0. The monoisotopic (exact) mass is 156 g/mol. The molecule has 5 heteroatoms. The van der Waals surface area contributed by atoms with Gasteiger partial charge in [-0.1, -0.05) is 0 Å². The molecule has 0 unspecified atom stereocenters. The van der Waals surface area contributed by atoms with Gasteiger partial charge < -0.3 is 10.1 Å². The Morgan fingerprint density at radius 3 is 2.73 bits per heavy atom. The van der Waals surface area contributed by atoms with Gasteiger partial charge in [0.2, 0.25) is 0 Å². The van der Waals surface area contributed by atoms with E-state index in [2.05, 4.69) is 4.98 Å². The van der Waals surface area contributed by atoms with Crippen molar-refractivity contribution in [2.24, 2.45) is 0 Å². The average molecular weight is 156 g/mol. The highest BCUT2D eigenvalue weighted by atomic mass is 19.1. The Labute approximate surface area is 61.8 Å². The number of hydrogen-bond acceptors (Lipinski definition) is 3. The first-order chi connectivity index (χ1) is 5.09. The van der Waals surface area contributed by atoms with Crippen LogP contribution in [0.15, 0.2) is 12.1 Å². The van der Waals surface area contributed by atoms with Gasteiger partial charge in [0, 0.05) is 13.0 Å². The lowest BCUT2D eigenvalue weighted by Gasteiger charge is -1.91. The number of rotatable bonds is 1. The molecule has 1 heterocycles. The highest BCUT2D eigenvalue weighted by molar-refractivity contribution is 5.22. The second kappa shape index (κ2) is 2.61. The van der Waals surface area contributed by atoms with Gasteiger partial charge >= 0.3 is 5.82 Å². The van der Waals surface area contributed by atoms with Crippen LogP contribution in [0.3, 0.4) is 0 Å². The summed E-state index contributed by atoms with van der Waals surface area (Å²) >= 11 is 0. The van der Waals surface area contributed by atoms with Gasteiger partial charge in [0.15, 0.2) is 5.69 Å². The van der Waals surface area contributed by atoms with Gasteiger partial charge in [0.05, 0.1) is 6.07 Å². The molecule has 1 aromatic heterocycles. The van der Waals surface area contributed by atoms with Crippen LogP contribution >= 0.6 is 0 Å². The lowest BCUT2D eigenvalue weighted by molar-refractivity contribution is -0.389. The Hall–Kier alpha value is -1.52. The molecule has 4 nitrogen and oxygen atoms in total. The molecule has 0 aromatic carbocycles. The van der Waals surface area contributed by atoms with E-state index in [1.807, 2.05) is 0 Å². The Kier molecular flexibility index (Phi) is 1.80. The van der Waals surface area contributed by atoms with E-state index in [1.165, 1.54) is 6.92 Å². The van der Waals surface area contributed by atoms with Crippen LogP contribution in [-0.2, 0) is 0 Å². The summed E-state index contributed by atoms with van der Waals surface area (Å²) in [6, 6.07) is 1.92. The Morgan fingerprint density at radius 2 is 2.27 bits per heavy atom. The van der Waals surface area contributed by atoms with Gasteiger partial charge in [-0.05, 0) is 9.91 Å². The van der Waals surface area contributed by atoms with Crippen molar-refractivity contribution in [3.8, 4) is 0 Å². The lowest BCUT2D eigenvalue weighted by Crippen LogP contribution is -1.94. The summed E-state index contributed by atoms with van der Waals surface area (Å²) in [4.78, 5) is 12.9. The number of aromatic nitrogens is 1. The van der Waals surface area contributed by atoms with Crippen LogP contribution in [0.25, 0.3) is 0 Å². The fourth-order valence-electron chi connectivity index (χ4n) is 0.703. The summed E-state index contributed by atoms with van der Waals surface area (Å²) in [6.45, 7) is 1.50. The van der Waals surface area contributed by atoms with Crippen molar-refractivity contribution >= 4 is 5.82 Å². The normalized spacial score (nSPS) is 9.64. The van der Waals surface area contributed by atoms with E-state index in [-0.39, 0.29) is 0 Å². The third kappa shape index (κ3) is 1.70. The van der Waals surface area contributed by atoms with Crippen molar-refractivity contribution in [1.29, 1.82) is 0 Å². The molecule has 0 N–H and O–H groups in total. The lowest BCUT2D eigenvalue weighted by atomic mass is 10.3. The topological polar surface area (TPSA) is 56.0 Å². The van der Waals surface area contributed by atoms with Crippen molar-refractivity contribution in [3.63, 3.8) is 0 Å². The van der Waals surface area contributed by atoms with Crippen LogP contribution in [-0.4, -0.2) is 9.91 Å². The molecule has 58 valence electrons. The molecule has 0 radical (unpaired) electrons. The summed E-state index contributed by atoms with van der Waals surface area (Å²) in [7, 11) is 0. The van der Waals surface area contributed by atoms with Crippen LogP contribution in [0.2, 0.25) is 0 Å². The molecule has 0 aliphatic heterocycles. The molecule has 0 saturated heterocycles. The molecule has 0 amide bonds. The van der Waals surface area contributed by atoms with E-state index in [1.54, 1.807) is 0 Å². The van der Waals surface area contributed by atoms with E-state index in [9.17, 15) is 14.5 Å². The van der Waals surface area contributed by atoms with E-state index in [0.29, 0.717) is 5.69 Å². The second-order valence-electron chi connectivity index (χ2n) is 2.04.